The van der Waals surface area contributed by atoms with Crippen molar-refractivity contribution < 1.29 is 33.4 Å². The van der Waals surface area contributed by atoms with Crippen LogP contribution >= 0.6 is 0 Å². The molecule has 0 heterocycles. The molecule has 0 spiro atoms. The van der Waals surface area contributed by atoms with E-state index in [0.29, 0.717) is 32.1 Å². The molecule has 0 bridgehead atoms. The van der Waals surface area contributed by atoms with Gasteiger partial charge >= 0.3 is 11.9 Å². The van der Waals surface area contributed by atoms with Crippen molar-refractivity contribution in [1.29, 1.82) is 0 Å². The number of fused-ring (bicyclic) bond motifs is 5. The standard InChI is InChI=1S/C33H48O7/c1-5-33(13-6-7-14-33)40-29(38)19-39-28(37)11-8-20(2)23-9-10-24-30-25(18-27(36)32(23,24)4)31(3)15-12-22(34)16-21(31)17-26(30)35/h20-21,23-25,30H,5-19H2,1-4H3. The molecule has 0 saturated heterocycles. The van der Waals surface area contributed by atoms with Crippen LogP contribution in [0.4, 0.5) is 0 Å². The number of ketones is 3. The van der Waals surface area contributed by atoms with Crippen molar-refractivity contribution >= 4 is 29.3 Å². The second-order valence-corrected chi connectivity index (χ2v) is 14.3. The van der Waals surface area contributed by atoms with Crippen LogP contribution in [0.15, 0.2) is 0 Å². The van der Waals surface area contributed by atoms with E-state index in [4.69, 9.17) is 9.47 Å². The first kappa shape index (κ1) is 29.4. The number of rotatable bonds is 8. The van der Waals surface area contributed by atoms with Gasteiger partial charge in [-0.2, -0.15) is 0 Å². The summed E-state index contributed by atoms with van der Waals surface area (Å²) >= 11 is 0. The summed E-state index contributed by atoms with van der Waals surface area (Å²) < 4.78 is 11.0. The zero-order valence-electron chi connectivity index (χ0n) is 24.9. The first-order valence-corrected chi connectivity index (χ1v) is 15.9. The SMILES string of the molecule is CCC1(OC(=O)COC(=O)CCC(C)C2CCC3C4C(=O)CC5CC(=O)CCC5(C)C4CC(=O)C23C)CCCC1. The van der Waals surface area contributed by atoms with Gasteiger partial charge in [0.2, 0.25) is 0 Å². The Kier molecular flexibility index (Phi) is 8.08. The van der Waals surface area contributed by atoms with Crippen molar-refractivity contribution in [2.75, 3.05) is 6.61 Å². The average molecular weight is 557 g/mol. The smallest absolute Gasteiger partial charge is 0.344 e. The second-order valence-electron chi connectivity index (χ2n) is 14.3. The monoisotopic (exact) mass is 556 g/mol. The van der Waals surface area contributed by atoms with Gasteiger partial charge in [-0.15, -0.1) is 0 Å². The molecular formula is C33H48O7. The van der Waals surface area contributed by atoms with Crippen LogP contribution in [0, 0.1) is 46.3 Å². The zero-order chi connectivity index (χ0) is 28.9. The van der Waals surface area contributed by atoms with Crippen LogP contribution in [-0.4, -0.2) is 41.5 Å². The van der Waals surface area contributed by atoms with Crippen molar-refractivity contribution in [3.63, 3.8) is 0 Å². The fourth-order valence-electron chi connectivity index (χ4n) is 9.97. The molecule has 0 radical (unpaired) electrons. The molecule has 0 aromatic heterocycles. The summed E-state index contributed by atoms with van der Waals surface area (Å²) in [5, 5.41) is 0. The van der Waals surface area contributed by atoms with Gasteiger partial charge < -0.3 is 9.47 Å². The summed E-state index contributed by atoms with van der Waals surface area (Å²) in [7, 11) is 0. The predicted octanol–water partition coefficient (Wildman–Crippen LogP) is 5.80. The molecule has 5 aliphatic carbocycles. The summed E-state index contributed by atoms with van der Waals surface area (Å²) in [6.07, 6.45) is 9.86. The van der Waals surface area contributed by atoms with E-state index in [9.17, 15) is 24.0 Å². The molecule has 0 aromatic carbocycles. The van der Waals surface area contributed by atoms with Crippen LogP contribution in [0.2, 0.25) is 0 Å². The van der Waals surface area contributed by atoms with Gasteiger partial charge in [0.25, 0.3) is 0 Å². The second kappa shape index (κ2) is 11.0. The average Bonchev–Trinajstić information content (AvgIpc) is 3.53. The van der Waals surface area contributed by atoms with Gasteiger partial charge in [-0.05, 0) is 92.8 Å². The first-order valence-electron chi connectivity index (χ1n) is 15.9. The van der Waals surface area contributed by atoms with Crippen molar-refractivity contribution in [2.45, 2.75) is 123 Å². The normalized spacial score (nSPS) is 39.2. The molecule has 40 heavy (non-hydrogen) atoms. The van der Waals surface area contributed by atoms with Gasteiger partial charge in [0, 0.05) is 43.4 Å². The number of hydrogen-bond acceptors (Lipinski definition) is 7. The minimum atomic E-state index is -0.562. The molecule has 7 heteroatoms. The Hall–Kier alpha value is -2.05. The van der Waals surface area contributed by atoms with Crippen LogP contribution in [0.3, 0.4) is 0 Å². The summed E-state index contributed by atoms with van der Waals surface area (Å²) in [4.78, 5) is 64.6. The molecule has 5 rings (SSSR count). The lowest BCUT2D eigenvalue weighted by Gasteiger charge is -2.58. The van der Waals surface area contributed by atoms with E-state index < -0.39 is 23.0 Å². The lowest BCUT2D eigenvalue weighted by Crippen LogP contribution is -2.60. The Morgan fingerprint density at radius 3 is 2.38 bits per heavy atom. The largest absolute Gasteiger partial charge is 0.457 e. The fraction of sp³-hybridized carbons (Fsp3) is 0.848. The minimum absolute atomic E-state index is 0.0392. The Balaban J connectivity index is 1.18. The van der Waals surface area contributed by atoms with E-state index in [2.05, 4.69) is 20.8 Å². The van der Waals surface area contributed by atoms with Gasteiger partial charge in [0.15, 0.2) is 6.61 Å². The van der Waals surface area contributed by atoms with Crippen molar-refractivity contribution in [2.24, 2.45) is 46.3 Å². The highest BCUT2D eigenvalue weighted by Crippen LogP contribution is 2.66. The summed E-state index contributed by atoms with van der Waals surface area (Å²) in [6, 6.07) is 0. The molecule has 8 unspecified atom stereocenters. The van der Waals surface area contributed by atoms with Crippen molar-refractivity contribution in [3.05, 3.63) is 0 Å². The maximum absolute atomic E-state index is 13.9. The number of Topliss-reactive ketones (excluding diaryl/α,β-unsaturated/α-hetero) is 3. The van der Waals surface area contributed by atoms with Gasteiger partial charge in [0.05, 0.1) is 0 Å². The van der Waals surface area contributed by atoms with E-state index in [1.54, 1.807) is 0 Å². The predicted molar refractivity (Wildman–Crippen MR) is 148 cm³/mol. The van der Waals surface area contributed by atoms with Crippen LogP contribution in [0.1, 0.15) is 118 Å². The maximum Gasteiger partial charge on any atom is 0.344 e. The van der Waals surface area contributed by atoms with Crippen LogP contribution < -0.4 is 0 Å². The number of carbonyl (C=O) groups excluding carboxylic acids is 5. The molecule has 8 atom stereocenters. The highest BCUT2D eigenvalue weighted by atomic mass is 16.6. The van der Waals surface area contributed by atoms with Crippen LogP contribution in [-0.2, 0) is 33.4 Å². The van der Waals surface area contributed by atoms with Crippen LogP contribution in [0.25, 0.3) is 0 Å². The molecule has 5 aliphatic rings. The number of hydrogen-bond donors (Lipinski definition) is 0. The topological polar surface area (TPSA) is 104 Å². The number of esters is 2. The molecule has 5 saturated carbocycles. The highest BCUT2D eigenvalue weighted by molar-refractivity contribution is 5.93. The molecule has 0 aliphatic heterocycles. The first-order chi connectivity index (χ1) is 18.9. The number of carbonyl (C=O) groups is 5. The lowest BCUT2D eigenvalue weighted by atomic mass is 9.44. The Morgan fingerprint density at radius 1 is 0.950 bits per heavy atom. The fourth-order valence-corrected chi connectivity index (χ4v) is 9.97. The molecule has 7 nitrogen and oxygen atoms in total. The Bertz CT molecular complexity index is 1060. The highest BCUT2D eigenvalue weighted by Gasteiger charge is 2.66. The van der Waals surface area contributed by atoms with E-state index in [-0.39, 0.29) is 71.3 Å². The lowest BCUT2D eigenvalue weighted by molar-refractivity contribution is -0.170. The van der Waals surface area contributed by atoms with E-state index >= 15 is 0 Å². The van der Waals surface area contributed by atoms with Crippen LogP contribution in [0.5, 0.6) is 0 Å². The van der Waals surface area contributed by atoms with Gasteiger partial charge in [-0.25, -0.2) is 4.79 Å². The quantitative estimate of drug-likeness (QED) is 0.348. The third-order valence-corrected chi connectivity index (χ3v) is 12.5. The minimum Gasteiger partial charge on any atom is -0.457 e. The molecule has 222 valence electrons. The van der Waals surface area contributed by atoms with Crippen molar-refractivity contribution in [3.8, 4) is 0 Å². The van der Waals surface area contributed by atoms with E-state index in [0.717, 1.165) is 51.4 Å². The van der Waals surface area contributed by atoms with Gasteiger partial charge in [0.1, 0.15) is 23.0 Å². The molecule has 0 aromatic rings. The summed E-state index contributed by atoms with van der Waals surface area (Å²) in [5.74, 6) is 0.171. The third kappa shape index (κ3) is 4.98. The zero-order valence-corrected chi connectivity index (χ0v) is 24.9. The van der Waals surface area contributed by atoms with Gasteiger partial charge in [-0.1, -0.05) is 27.7 Å². The summed E-state index contributed by atoms with van der Waals surface area (Å²) in [6.45, 7) is 8.09. The molecule has 0 amide bonds. The molecule has 5 fully saturated rings. The third-order valence-electron chi connectivity index (χ3n) is 12.5. The van der Waals surface area contributed by atoms with E-state index in [1.807, 2.05) is 6.92 Å². The number of ether oxygens (including phenoxy) is 2. The van der Waals surface area contributed by atoms with Gasteiger partial charge in [-0.3, -0.25) is 19.2 Å². The van der Waals surface area contributed by atoms with Crippen molar-refractivity contribution in [1.82, 2.24) is 0 Å². The summed E-state index contributed by atoms with van der Waals surface area (Å²) in [5.41, 5.74) is -1.08. The molecular weight excluding hydrogens is 508 g/mol. The maximum atomic E-state index is 13.9. The molecule has 0 N–H and O–H groups in total. The Labute approximate surface area is 238 Å². The van der Waals surface area contributed by atoms with E-state index in [1.165, 1.54) is 0 Å². The Morgan fingerprint density at radius 2 is 1.68 bits per heavy atom.